The van der Waals surface area contributed by atoms with Gasteiger partial charge < -0.3 is 79.5 Å². The number of unbranched alkanes of at least 4 members (excludes halogenated alkanes) is 3. The van der Waals surface area contributed by atoms with Crippen molar-refractivity contribution in [1.82, 2.24) is 0 Å². The highest BCUT2D eigenvalue weighted by Crippen LogP contribution is 2.32. The van der Waals surface area contributed by atoms with Crippen molar-refractivity contribution in [2.75, 3.05) is 32.2 Å². The van der Waals surface area contributed by atoms with Gasteiger partial charge in [-0.3, -0.25) is 0 Å². The number of aliphatic hydroxyl groups is 10. The summed E-state index contributed by atoms with van der Waals surface area (Å²) in [5, 5.41) is 103. The van der Waals surface area contributed by atoms with Gasteiger partial charge in [0.05, 0.1) is 19.8 Å². The van der Waals surface area contributed by atoms with Gasteiger partial charge in [0, 0.05) is 12.4 Å². The number of benzene rings is 1. The summed E-state index contributed by atoms with van der Waals surface area (Å²) in [6.07, 6.45) is -20.4. The van der Waals surface area contributed by atoms with Gasteiger partial charge in [-0.1, -0.05) is 43.2 Å². The van der Waals surface area contributed by atoms with Crippen LogP contribution in [0.1, 0.15) is 31.2 Å². The molecular formula is C31H50O16S. The van der Waals surface area contributed by atoms with Crippen LogP contribution in [0.5, 0.6) is 0 Å². The Morgan fingerprint density at radius 3 is 1.62 bits per heavy atom. The molecule has 4 rings (SSSR count). The second-order valence-corrected chi connectivity index (χ2v) is 13.2. The van der Waals surface area contributed by atoms with Crippen molar-refractivity contribution in [3.8, 4) is 0 Å². The monoisotopic (exact) mass is 710 g/mol. The first-order chi connectivity index (χ1) is 23.1. The van der Waals surface area contributed by atoms with E-state index < -0.39 is 112 Å². The number of thioether (sulfide) groups is 1. The van der Waals surface area contributed by atoms with E-state index in [0.29, 0.717) is 6.42 Å². The fourth-order valence-corrected chi connectivity index (χ4v) is 6.79. The van der Waals surface area contributed by atoms with Gasteiger partial charge in [-0.15, -0.1) is 0 Å². The molecule has 0 bridgehead atoms. The van der Waals surface area contributed by atoms with Crippen molar-refractivity contribution in [2.45, 2.75) is 124 Å². The first-order valence-electron chi connectivity index (χ1n) is 16.2. The molecule has 0 amide bonds. The van der Waals surface area contributed by atoms with Crippen LogP contribution in [0.4, 0.5) is 0 Å². The Hall–Kier alpha value is -1.07. The summed E-state index contributed by atoms with van der Waals surface area (Å²) in [6.45, 7) is -1.97. The van der Waals surface area contributed by atoms with E-state index in [2.05, 4.69) is 12.1 Å². The normalized spacial score (nSPS) is 40.6. The van der Waals surface area contributed by atoms with Gasteiger partial charge in [-0.05, 0) is 24.2 Å². The molecule has 0 unspecified atom stereocenters. The first kappa shape index (κ1) is 39.7. The zero-order valence-corrected chi connectivity index (χ0v) is 27.3. The van der Waals surface area contributed by atoms with Crippen LogP contribution in [-0.2, 0) is 34.2 Å². The molecule has 3 aliphatic heterocycles. The maximum atomic E-state index is 10.9. The topological polar surface area (TPSA) is 258 Å². The summed E-state index contributed by atoms with van der Waals surface area (Å²) >= 11 is 1.88. The van der Waals surface area contributed by atoms with E-state index in [1.165, 1.54) is 5.56 Å². The van der Waals surface area contributed by atoms with E-state index in [0.717, 1.165) is 30.8 Å². The van der Waals surface area contributed by atoms with E-state index >= 15 is 0 Å². The predicted octanol–water partition coefficient (Wildman–Crippen LogP) is -3.05. The standard InChI is InChI=1S/C31H50O16S/c32-12-17-20(35)21(36)24(39)30(43-17)46-28-19(14-34)45-31(26(41)23(28)38)47-27-18(13-33)44-29(25(40)22(27)37)42-10-6-1-2-7-11-48-15-16-8-4-3-5-9-16/h3-5,8-9,17-41H,1-2,6-7,10-15H2/t17-,18-,19-,20+,21+,22-,23-,24-,25-,26-,27-,28+,29-,30-,31+/m1/s1. The Morgan fingerprint density at radius 1 is 0.542 bits per heavy atom. The summed E-state index contributed by atoms with van der Waals surface area (Å²) in [7, 11) is 0. The minimum Gasteiger partial charge on any atom is -0.394 e. The number of aliphatic hydroxyl groups excluding tert-OH is 10. The number of hydrogen-bond donors (Lipinski definition) is 10. The highest BCUT2D eigenvalue weighted by molar-refractivity contribution is 7.98. The van der Waals surface area contributed by atoms with Gasteiger partial charge in [-0.2, -0.15) is 11.8 Å². The van der Waals surface area contributed by atoms with E-state index in [1.807, 2.05) is 30.0 Å². The lowest BCUT2D eigenvalue weighted by Crippen LogP contribution is -2.66. The maximum Gasteiger partial charge on any atom is 0.187 e. The lowest BCUT2D eigenvalue weighted by Gasteiger charge is -2.48. The van der Waals surface area contributed by atoms with Crippen molar-refractivity contribution >= 4 is 11.8 Å². The van der Waals surface area contributed by atoms with Crippen LogP contribution in [-0.4, -0.2) is 175 Å². The molecule has 16 nitrogen and oxygen atoms in total. The van der Waals surface area contributed by atoms with Crippen LogP contribution >= 0.6 is 11.8 Å². The van der Waals surface area contributed by atoms with Crippen molar-refractivity contribution < 1.29 is 79.5 Å². The Bertz CT molecular complexity index is 1040. The summed E-state index contributed by atoms with van der Waals surface area (Å²) in [6, 6.07) is 10.3. The molecule has 3 heterocycles. The smallest absolute Gasteiger partial charge is 0.187 e. The summed E-state index contributed by atoms with van der Waals surface area (Å²) in [5.41, 5.74) is 1.29. The molecule has 1 aromatic rings. The molecule has 0 aromatic heterocycles. The largest absolute Gasteiger partial charge is 0.394 e. The Morgan fingerprint density at radius 2 is 1.04 bits per heavy atom. The average molecular weight is 711 g/mol. The second kappa shape index (κ2) is 19.5. The third kappa shape index (κ3) is 10.0. The van der Waals surface area contributed by atoms with E-state index in [-0.39, 0.29) is 6.61 Å². The van der Waals surface area contributed by atoms with Gasteiger partial charge in [-0.25, -0.2) is 0 Å². The second-order valence-electron chi connectivity index (χ2n) is 12.1. The van der Waals surface area contributed by atoms with E-state index in [4.69, 9.17) is 28.4 Å². The predicted molar refractivity (Wildman–Crippen MR) is 166 cm³/mol. The van der Waals surface area contributed by atoms with E-state index in [9.17, 15) is 51.1 Å². The van der Waals surface area contributed by atoms with Gasteiger partial charge in [0.25, 0.3) is 0 Å². The van der Waals surface area contributed by atoms with Gasteiger partial charge in [0.1, 0.15) is 73.2 Å². The fourth-order valence-electron chi connectivity index (χ4n) is 5.80. The molecule has 1 aromatic carbocycles. The molecule has 3 aliphatic rings. The Labute approximate surface area is 282 Å². The SMILES string of the molecule is OC[C@H]1O[C@H](O[C@@H]2[C@H](O)[C@@H](O)[C@H](O[C@H]3[C@H](O)[C@@H](O)[C@H](OCCCCCCSCc4ccccc4)O[C@@H]3CO)O[C@@H]2CO)[C@H](O)[C@@H](O)[C@H]1O. The minimum absolute atomic E-state index is 0.236. The average Bonchev–Trinajstić information content (AvgIpc) is 3.10. The summed E-state index contributed by atoms with van der Waals surface area (Å²) in [5.74, 6) is 2.00. The zero-order chi connectivity index (χ0) is 34.8. The molecule has 3 saturated heterocycles. The molecule has 3 fully saturated rings. The van der Waals surface area contributed by atoms with E-state index in [1.54, 1.807) is 0 Å². The quantitative estimate of drug-likeness (QED) is 0.0720. The highest BCUT2D eigenvalue weighted by atomic mass is 32.2. The highest BCUT2D eigenvalue weighted by Gasteiger charge is 2.53. The van der Waals surface area contributed by atoms with Crippen LogP contribution < -0.4 is 0 Å². The van der Waals surface area contributed by atoms with Gasteiger partial charge >= 0.3 is 0 Å². The molecule has 10 N–H and O–H groups in total. The molecule has 0 spiro atoms. The molecule has 0 saturated carbocycles. The maximum absolute atomic E-state index is 10.9. The third-order valence-corrected chi connectivity index (χ3v) is 9.76. The van der Waals surface area contributed by atoms with Crippen molar-refractivity contribution in [3.05, 3.63) is 35.9 Å². The lowest BCUT2D eigenvalue weighted by molar-refractivity contribution is -0.379. The zero-order valence-electron chi connectivity index (χ0n) is 26.4. The molecule has 0 radical (unpaired) electrons. The number of ether oxygens (including phenoxy) is 6. The van der Waals surface area contributed by atoms with Crippen molar-refractivity contribution in [3.63, 3.8) is 0 Å². The summed E-state index contributed by atoms with van der Waals surface area (Å²) < 4.78 is 33.4. The Kier molecular flexibility index (Phi) is 16.1. The summed E-state index contributed by atoms with van der Waals surface area (Å²) in [4.78, 5) is 0. The molecule has 17 heteroatoms. The van der Waals surface area contributed by atoms with Gasteiger partial charge in [0.2, 0.25) is 0 Å². The van der Waals surface area contributed by atoms with Crippen molar-refractivity contribution in [1.29, 1.82) is 0 Å². The first-order valence-corrected chi connectivity index (χ1v) is 17.4. The number of rotatable bonds is 17. The number of hydrogen-bond acceptors (Lipinski definition) is 17. The molecule has 276 valence electrons. The van der Waals surface area contributed by atoms with Crippen LogP contribution in [0.3, 0.4) is 0 Å². The molecule has 48 heavy (non-hydrogen) atoms. The minimum atomic E-state index is -1.89. The van der Waals surface area contributed by atoms with Crippen LogP contribution in [0.2, 0.25) is 0 Å². The van der Waals surface area contributed by atoms with Crippen LogP contribution in [0.15, 0.2) is 30.3 Å². The van der Waals surface area contributed by atoms with Gasteiger partial charge in [0.15, 0.2) is 18.9 Å². The fraction of sp³-hybridized carbons (Fsp3) is 0.806. The van der Waals surface area contributed by atoms with Crippen LogP contribution in [0.25, 0.3) is 0 Å². The third-order valence-electron chi connectivity index (χ3n) is 8.65. The van der Waals surface area contributed by atoms with Crippen LogP contribution in [0, 0.1) is 0 Å². The molecular weight excluding hydrogens is 660 g/mol. The Balaban J connectivity index is 1.23. The van der Waals surface area contributed by atoms with Crippen molar-refractivity contribution in [2.24, 2.45) is 0 Å². The molecule has 0 aliphatic carbocycles. The lowest BCUT2D eigenvalue weighted by atomic mass is 9.96. The molecule has 15 atom stereocenters.